The molecule has 2 aromatic rings. The number of methoxy groups -OCH3 is 1. The van der Waals surface area contributed by atoms with Gasteiger partial charge >= 0.3 is 0 Å². The minimum absolute atomic E-state index is 0.104. The van der Waals surface area contributed by atoms with E-state index in [2.05, 4.69) is 5.32 Å². The molecule has 0 radical (unpaired) electrons. The van der Waals surface area contributed by atoms with Gasteiger partial charge in [-0.25, -0.2) is 4.39 Å². The van der Waals surface area contributed by atoms with Crippen molar-refractivity contribution in [3.63, 3.8) is 0 Å². The Balaban J connectivity index is 1.61. The van der Waals surface area contributed by atoms with Crippen LogP contribution in [0.5, 0.6) is 17.2 Å². The summed E-state index contributed by atoms with van der Waals surface area (Å²) in [6.45, 7) is 1.01. The summed E-state index contributed by atoms with van der Waals surface area (Å²) >= 11 is 0. The third-order valence-electron chi connectivity index (χ3n) is 3.61. The average Bonchev–Trinajstić information content (AvgIpc) is 2.70. The number of nitrogens with one attached hydrogen (secondary N) is 1. The van der Waals surface area contributed by atoms with Crippen LogP contribution >= 0.6 is 0 Å². The van der Waals surface area contributed by atoms with Gasteiger partial charge in [0.15, 0.2) is 11.5 Å². The third-order valence-corrected chi connectivity index (χ3v) is 3.61. The minimum atomic E-state index is -0.323. The molecule has 0 spiro atoms. The highest BCUT2D eigenvalue weighted by Gasteiger charge is 2.07. The standard InChI is InChI=1S/C20H21FN2O4/c1-25-19-13-15(14-22)4-9-18(19)27-11-2-3-20(24)23-10-12-26-17-7-5-16(21)6-8-17/h4-9,13H,2-3,10-12H2,1H3,(H,23,24). The number of rotatable bonds is 10. The molecule has 0 aliphatic heterocycles. The average molecular weight is 372 g/mol. The molecule has 2 aromatic carbocycles. The van der Waals surface area contributed by atoms with E-state index in [-0.39, 0.29) is 11.7 Å². The van der Waals surface area contributed by atoms with E-state index in [4.69, 9.17) is 19.5 Å². The van der Waals surface area contributed by atoms with Gasteiger partial charge in [-0.15, -0.1) is 0 Å². The number of halogens is 1. The van der Waals surface area contributed by atoms with Crippen LogP contribution < -0.4 is 19.5 Å². The van der Waals surface area contributed by atoms with Crippen molar-refractivity contribution in [2.24, 2.45) is 0 Å². The van der Waals surface area contributed by atoms with E-state index in [1.807, 2.05) is 6.07 Å². The number of carbonyl (C=O) groups excluding carboxylic acids is 1. The first-order valence-corrected chi connectivity index (χ1v) is 8.48. The Hall–Kier alpha value is -3.27. The van der Waals surface area contributed by atoms with E-state index in [1.165, 1.54) is 31.4 Å². The predicted molar refractivity (Wildman–Crippen MR) is 97.3 cm³/mol. The van der Waals surface area contributed by atoms with Crippen LogP contribution in [0.15, 0.2) is 42.5 Å². The van der Waals surface area contributed by atoms with Crippen molar-refractivity contribution in [1.82, 2.24) is 5.32 Å². The van der Waals surface area contributed by atoms with Gasteiger partial charge in [0, 0.05) is 12.5 Å². The Morgan fingerprint density at radius 3 is 2.59 bits per heavy atom. The number of amides is 1. The molecule has 0 aromatic heterocycles. The fourth-order valence-electron chi connectivity index (χ4n) is 2.25. The maximum Gasteiger partial charge on any atom is 0.220 e. The molecule has 6 nitrogen and oxygen atoms in total. The largest absolute Gasteiger partial charge is 0.493 e. The van der Waals surface area contributed by atoms with Crippen LogP contribution in [0.4, 0.5) is 4.39 Å². The fourth-order valence-corrected chi connectivity index (χ4v) is 2.25. The highest BCUT2D eigenvalue weighted by atomic mass is 19.1. The molecule has 0 saturated heterocycles. The quantitative estimate of drug-likeness (QED) is 0.649. The summed E-state index contributed by atoms with van der Waals surface area (Å²) < 4.78 is 29.0. The minimum Gasteiger partial charge on any atom is -0.493 e. The number of nitriles is 1. The van der Waals surface area contributed by atoms with E-state index in [1.54, 1.807) is 18.2 Å². The fraction of sp³-hybridized carbons (Fsp3) is 0.300. The number of nitrogens with zero attached hydrogens (tertiary/aromatic N) is 1. The van der Waals surface area contributed by atoms with E-state index in [0.717, 1.165) is 0 Å². The molecular formula is C20H21FN2O4. The maximum atomic E-state index is 12.8. The van der Waals surface area contributed by atoms with Gasteiger partial charge in [-0.05, 0) is 42.8 Å². The number of carbonyl (C=O) groups is 1. The zero-order valence-corrected chi connectivity index (χ0v) is 15.0. The second kappa shape index (κ2) is 10.7. The zero-order chi connectivity index (χ0) is 19.5. The summed E-state index contributed by atoms with van der Waals surface area (Å²) in [5.41, 5.74) is 0.487. The second-order valence-corrected chi connectivity index (χ2v) is 5.58. The van der Waals surface area contributed by atoms with E-state index >= 15 is 0 Å². The van der Waals surface area contributed by atoms with Crippen molar-refractivity contribution >= 4 is 5.91 Å². The molecule has 0 fully saturated rings. The smallest absolute Gasteiger partial charge is 0.220 e. The second-order valence-electron chi connectivity index (χ2n) is 5.58. The van der Waals surface area contributed by atoms with E-state index < -0.39 is 0 Å². The molecule has 142 valence electrons. The van der Waals surface area contributed by atoms with Gasteiger partial charge in [0.05, 0.1) is 31.9 Å². The highest BCUT2D eigenvalue weighted by molar-refractivity contribution is 5.75. The van der Waals surface area contributed by atoms with Gasteiger partial charge in [-0.1, -0.05) is 0 Å². The van der Waals surface area contributed by atoms with E-state index in [9.17, 15) is 9.18 Å². The summed E-state index contributed by atoms with van der Waals surface area (Å²) in [6.07, 6.45) is 0.850. The predicted octanol–water partition coefficient (Wildman–Crippen LogP) is 3.06. The lowest BCUT2D eigenvalue weighted by molar-refractivity contribution is -0.121. The topological polar surface area (TPSA) is 80.6 Å². The van der Waals surface area contributed by atoms with Crippen molar-refractivity contribution in [3.05, 3.63) is 53.8 Å². The lowest BCUT2D eigenvalue weighted by Gasteiger charge is -2.11. The Morgan fingerprint density at radius 2 is 1.89 bits per heavy atom. The Bertz CT molecular complexity index is 788. The van der Waals surface area contributed by atoms with Gasteiger partial charge in [-0.3, -0.25) is 4.79 Å². The van der Waals surface area contributed by atoms with Crippen LogP contribution in [-0.4, -0.2) is 32.8 Å². The molecule has 0 bridgehead atoms. The number of hydrogen-bond acceptors (Lipinski definition) is 5. The first-order valence-electron chi connectivity index (χ1n) is 8.48. The van der Waals surface area contributed by atoms with Crippen molar-refractivity contribution in [1.29, 1.82) is 5.26 Å². The maximum absolute atomic E-state index is 12.8. The van der Waals surface area contributed by atoms with Crippen LogP contribution in [0.1, 0.15) is 18.4 Å². The molecule has 2 rings (SSSR count). The summed E-state index contributed by atoms with van der Waals surface area (Å²) in [5.74, 6) is 1.14. The molecule has 7 heteroatoms. The summed E-state index contributed by atoms with van der Waals surface area (Å²) in [5, 5.41) is 11.6. The number of benzene rings is 2. The van der Waals surface area contributed by atoms with Crippen LogP contribution in [0.2, 0.25) is 0 Å². The lowest BCUT2D eigenvalue weighted by atomic mass is 10.2. The molecule has 0 aliphatic rings. The van der Waals surface area contributed by atoms with Gasteiger partial charge in [0.1, 0.15) is 18.2 Å². The number of ether oxygens (including phenoxy) is 3. The first kappa shape index (κ1) is 20.0. The summed E-state index contributed by atoms with van der Waals surface area (Å²) in [7, 11) is 1.50. The molecule has 0 saturated carbocycles. The van der Waals surface area contributed by atoms with Crippen LogP contribution in [0, 0.1) is 17.1 Å². The van der Waals surface area contributed by atoms with Gasteiger partial charge in [-0.2, -0.15) is 5.26 Å². The summed E-state index contributed by atoms with van der Waals surface area (Å²) in [6, 6.07) is 12.6. The molecule has 1 N–H and O–H groups in total. The van der Waals surface area contributed by atoms with Crippen molar-refractivity contribution in [2.75, 3.05) is 26.9 Å². The van der Waals surface area contributed by atoms with Gasteiger partial charge in [0.2, 0.25) is 5.91 Å². The van der Waals surface area contributed by atoms with Crippen molar-refractivity contribution in [3.8, 4) is 23.3 Å². The van der Waals surface area contributed by atoms with Gasteiger partial charge < -0.3 is 19.5 Å². The molecule has 0 aliphatic carbocycles. The molecule has 27 heavy (non-hydrogen) atoms. The Morgan fingerprint density at radius 1 is 1.11 bits per heavy atom. The van der Waals surface area contributed by atoms with Gasteiger partial charge in [0.25, 0.3) is 0 Å². The third kappa shape index (κ3) is 6.86. The van der Waals surface area contributed by atoms with E-state index in [0.29, 0.717) is 55.4 Å². The summed E-state index contributed by atoms with van der Waals surface area (Å²) in [4.78, 5) is 11.8. The van der Waals surface area contributed by atoms with Crippen LogP contribution in [0.25, 0.3) is 0 Å². The molecule has 0 atom stereocenters. The Labute approximate surface area is 157 Å². The molecule has 0 unspecified atom stereocenters. The first-order chi connectivity index (χ1) is 13.1. The highest BCUT2D eigenvalue weighted by Crippen LogP contribution is 2.27. The van der Waals surface area contributed by atoms with Crippen LogP contribution in [0.3, 0.4) is 0 Å². The molecule has 0 heterocycles. The molecule has 1 amide bonds. The lowest BCUT2D eigenvalue weighted by Crippen LogP contribution is -2.28. The number of hydrogen-bond donors (Lipinski definition) is 1. The zero-order valence-electron chi connectivity index (χ0n) is 15.0. The normalized spacial score (nSPS) is 9.96. The van der Waals surface area contributed by atoms with Crippen LogP contribution in [-0.2, 0) is 4.79 Å². The Kier molecular flexibility index (Phi) is 7.92. The monoisotopic (exact) mass is 372 g/mol. The van der Waals surface area contributed by atoms with Crippen molar-refractivity contribution in [2.45, 2.75) is 12.8 Å². The van der Waals surface area contributed by atoms with Crippen molar-refractivity contribution < 1.29 is 23.4 Å². The SMILES string of the molecule is COc1cc(C#N)ccc1OCCCC(=O)NCCOc1ccc(F)cc1. The molecular weight excluding hydrogens is 351 g/mol.